The molecular formula is C7H5F3NO3S-. The average Bonchev–Trinajstić information content (AvgIpc) is 2.05. The molecule has 0 radical (unpaired) electrons. The largest absolute Gasteiger partial charge is 0.740 e. The van der Waals surface area contributed by atoms with E-state index in [0.717, 1.165) is 6.07 Å². The van der Waals surface area contributed by atoms with Crippen molar-refractivity contribution in [3.05, 3.63) is 23.8 Å². The maximum Gasteiger partial charge on any atom is 0.416 e. The highest BCUT2D eigenvalue weighted by Gasteiger charge is 2.30. The Kier molecular flexibility index (Phi) is 3.20. The van der Waals surface area contributed by atoms with Crippen LogP contribution in [0.4, 0.5) is 18.9 Å². The fourth-order valence-electron chi connectivity index (χ4n) is 0.874. The van der Waals surface area contributed by atoms with Crippen LogP contribution in [-0.2, 0) is 17.5 Å². The lowest BCUT2D eigenvalue weighted by molar-refractivity contribution is -0.137. The lowest BCUT2D eigenvalue weighted by atomic mass is 10.2. The van der Waals surface area contributed by atoms with Crippen molar-refractivity contribution in [2.75, 3.05) is 5.73 Å². The smallest absolute Gasteiger partial charge is 0.416 e. The minimum absolute atomic E-state index is 0.337. The molecule has 0 fully saturated rings. The molecule has 0 saturated carbocycles. The fraction of sp³-hybridized carbons (Fsp3) is 0.143. The molecule has 4 nitrogen and oxygen atoms in total. The predicted octanol–water partition coefficient (Wildman–Crippen LogP) is 1.46. The first kappa shape index (κ1) is 11.8. The summed E-state index contributed by atoms with van der Waals surface area (Å²) in [6.45, 7) is 0. The third-order valence-electron chi connectivity index (χ3n) is 1.49. The number of hydrogen-bond acceptors (Lipinski definition) is 4. The summed E-state index contributed by atoms with van der Waals surface area (Å²) in [6, 6.07) is 2.12. The molecule has 1 unspecified atom stereocenters. The molecule has 1 aromatic rings. The van der Waals surface area contributed by atoms with Gasteiger partial charge in [0.15, 0.2) is 5.75 Å². The van der Waals surface area contributed by atoms with Crippen LogP contribution in [0.3, 0.4) is 0 Å². The Morgan fingerprint density at radius 1 is 1.40 bits per heavy atom. The van der Waals surface area contributed by atoms with Gasteiger partial charge in [0.25, 0.3) is 0 Å². The molecule has 84 valence electrons. The normalized spacial score (nSPS) is 13.6. The zero-order valence-electron chi connectivity index (χ0n) is 7.08. The van der Waals surface area contributed by atoms with Crippen LogP contribution in [0.25, 0.3) is 0 Å². The third kappa shape index (κ3) is 3.10. The Labute approximate surface area is 85.3 Å². The second kappa shape index (κ2) is 4.07. The van der Waals surface area contributed by atoms with Crippen LogP contribution in [0.2, 0.25) is 0 Å². The molecule has 8 heteroatoms. The van der Waals surface area contributed by atoms with E-state index in [1.807, 2.05) is 0 Å². The zero-order chi connectivity index (χ0) is 11.6. The quantitative estimate of drug-likeness (QED) is 0.627. The Morgan fingerprint density at radius 3 is 2.40 bits per heavy atom. The number of anilines is 1. The molecule has 0 bridgehead atoms. The highest BCUT2D eigenvalue weighted by molar-refractivity contribution is 7.74. The van der Waals surface area contributed by atoms with E-state index in [-0.39, 0.29) is 5.75 Å². The van der Waals surface area contributed by atoms with Gasteiger partial charge >= 0.3 is 6.18 Å². The van der Waals surface area contributed by atoms with Gasteiger partial charge in [0.1, 0.15) is 11.4 Å². The summed E-state index contributed by atoms with van der Waals surface area (Å²) in [7, 11) is 0. The number of halogens is 3. The van der Waals surface area contributed by atoms with Crippen LogP contribution < -0.4 is 9.92 Å². The van der Waals surface area contributed by atoms with Crippen LogP contribution in [0.5, 0.6) is 5.75 Å². The van der Waals surface area contributed by atoms with Gasteiger partial charge in [-0.05, 0) is 18.2 Å². The van der Waals surface area contributed by atoms with Crippen molar-refractivity contribution >= 4 is 17.0 Å². The number of nitrogen functional groups attached to an aromatic ring is 1. The van der Waals surface area contributed by atoms with Crippen LogP contribution >= 0.6 is 0 Å². The van der Waals surface area contributed by atoms with Crippen molar-refractivity contribution in [2.24, 2.45) is 0 Å². The van der Waals surface area contributed by atoms with Crippen LogP contribution in [0.1, 0.15) is 5.56 Å². The van der Waals surface area contributed by atoms with Crippen molar-refractivity contribution in [1.82, 2.24) is 0 Å². The van der Waals surface area contributed by atoms with Gasteiger partial charge < -0.3 is 14.5 Å². The van der Waals surface area contributed by atoms with Gasteiger partial charge in [-0.25, -0.2) is 4.21 Å². The van der Waals surface area contributed by atoms with Gasteiger partial charge in [0.2, 0.25) is 0 Å². The monoisotopic (exact) mass is 240 g/mol. The highest BCUT2D eigenvalue weighted by Crippen LogP contribution is 2.33. The van der Waals surface area contributed by atoms with E-state index in [0.29, 0.717) is 12.1 Å². The van der Waals surface area contributed by atoms with Gasteiger partial charge in [-0.1, -0.05) is 0 Å². The Hall–Kier alpha value is -1.28. The van der Waals surface area contributed by atoms with Crippen molar-refractivity contribution < 1.29 is 26.1 Å². The Morgan fingerprint density at radius 2 is 2.00 bits per heavy atom. The first-order chi connectivity index (χ1) is 6.80. The molecule has 0 aromatic heterocycles. The lowest BCUT2D eigenvalue weighted by Gasteiger charge is -2.12. The lowest BCUT2D eigenvalue weighted by Crippen LogP contribution is -2.07. The summed E-state index contributed by atoms with van der Waals surface area (Å²) in [5.41, 5.74) is 3.81. The third-order valence-corrected chi connectivity index (χ3v) is 1.81. The Bertz CT molecular complexity index is 394. The molecule has 0 aliphatic carbocycles. The molecule has 0 heterocycles. The SMILES string of the molecule is Nc1cc(C(F)(F)F)ccc1OS(=O)[O-]. The van der Waals surface area contributed by atoms with Crippen LogP contribution in [0.15, 0.2) is 18.2 Å². The van der Waals surface area contributed by atoms with Gasteiger partial charge in [-0.2, -0.15) is 13.2 Å². The van der Waals surface area contributed by atoms with Gasteiger partial charge in [0.05, 0.1) is 11.3 Å². The molecule has 0 aliphatic heterocycles. The zero-order valence-corrected chi connectivity index (χ0v) is 7.89. The standard InChI is InChI=1S/C7H6F3NO3S/c8-7(9,10)4-1-2-6(5(11)3-4)14-15(12)13/h1-3H,11H2,(H,12,13)/p-1. The minimum atomic E-state index is -4.52. The average molecular weight is 240 g/mol. The molecule has 1 atom stereocenters. The molecule has 0 spiro atoms. The van der Waals surface area contributed by atoms with E-state index in [1.54, 1.807) is 0 Å². The van der Waals surface area contributed by atoms with Crippen molar-refractivity contribution in [3.63, 3.8) is 0 Å². The number of nitrogens with two attached hydrogens (primary N) is 1. The molecular weight excluding hydrogens is 235 g/mol. The van der Waals surface area contributed by atoms with E-state index in [2.05, 4.69) is 4.18 Å². The fourth-order valence-corrected chi connectivity index (χ4v) is 1.17. The molecule has 0 amide bonds. The maximum absolute atomic E-state index is 12.1. The topological polar surface area (TPSA) is 75.4 Å². The number of alkyl halides is 3. The summed E-state index contributed by atoms with van der Waals surface area (Å²) < 4.78 is 60.8. The van der Waals surface area contributed by atoms with Crippen molar-refractivity contribution in [3.8, 4) is 5.75 Å². The van der Waals surface area contributed by atoms with Gasteiger partial charge in [-0.15, -0.1) is 0 Å². The molecule has 1 aromatic carbocycles. The van der Waals surface area contributed by atoms with Crippen LogP contribution in [0, 0.1) is 0 Å². The molecule has 0 aliphatic rings. The molecule has 0 saturated heterocycles. The summed E-state index contributed by atoms with van der Waals surface area (Å²) in [5.74, 6) is -0.337. The highest BCUT2D eigenvalue weighted by atomic mass is 32.2. The van der Waals surface area contributed by atoms with Gasteiger partial charge in [0, 0.05) is 0 Å². The second-order valence-electron chi connectivity index (χ2n) is 2.54. The number of benzene rings is 1. The van der Waals surface area contributed by atoms with Gasteiger partial charge in [-0.3, -0.25) is 0 Å². The number of hydrogen-bond donors (Lipinski definition) is 1. The summed E-state index contributed by atoms with van der Waals surface area (Å²) in [6.07, 6.45) is -4.52. The maximum atomic E-state index is 12.1. The van der Waals surface area contributed by atoms with E-state index in [9.17, 15) is 21.9 Å². The first-order valence-electron chi connectivity index (χ1n) is 3.55. The van der Waals surface area contributed by atoms with Crippen molar-refractivity contribution in [1.29, 1.82) is 0 Å². The van der Waals surface area contributed by atoms with E-state index < -0.39 is 28.8 Å². The summed E-state index contributed by atoms with van der Waals surface area (Å²) in [4.78, 5) is 0. The Balaban J connectivity index is 3.03. The molecule has 2 N–H and O–H groups in total. The molecule has 15 heavy (non-hydrogen) atoms. The van der Waals surface area contributed by atoms with E-state index >= 15 is 0 Å². The first-order valence-corrected chi connectivity index (χ1v) is 4.55. The van der Waals surface area contributed by atoms with Crippen LogP contribution in [-0.4, -0.2) is 8.76 Å². The summed E-state index contributed by atoms with van der Waals surface area (Å²) >= 11 is -2.87. The van der Waals surface area contributed by atoms with Crippen molar-refractivity contribution in [2.45, 2.75) is 6.18 Å². The molecule has 1 rings (SSSR count). The second-order valence-corrected chi connectivity index (χ2v) is 3.11. The predicted molar refractivity (Wildman–Crippen MR) is 45.4 cm³/mol. The number of rotatable bonds is 2. The van der Waals surface area contributed by atoms with E-state index in [4.69, 9.17) is 5.73 Å². The summed E-state index contributed by atoms with van der Waals surface area (Å²) in [5, 5.41) is 0. The van der Waals surface area contributed by atoms with E-state index in [1.165, 1.54) is 0 Å². The minimum Gasteiger partial charge on any atom is -0.740 e.